The van der Waals surface area contributed by atoms with Crippen LogP contribution in [0.4, 0.5) is 5.69 Å². The van der Waals surface area contributed by atoms with Gasteiger partial charge in [-0.05, 0) is 19.1 Å². The van der Waals surface area contributed by atoms with Crippen molar-refractivity contribution in [2.24, 2.45) is 0 Å². The number of nitrogens with one attached hydrogen (secondary N) is 2. The van der Waals surface area contributed by atoms with Crippen LogP contribution in [0.1, 0.15) is 17.4 Å². The zero-order chi connectivity index (χ0) is 12.0. The van der Waals surface area contributed by atoms with Gasteiger partial charge in [-0.3, -0.25) is 4.79 Å². The number of carboxylic acids is 1. The summed E-state index contributed by atoms with van der Waals surface area (Å²) in [5.41, 5.74) is 0.583. The normalized spacial score (nSPS) is 9.56. The van der Waals surface area contributed by atoms with Gasteiger partial charge in [-0.2, -0.15) is 0 Å². The third-order valence-corrected chi connectivity index (χ3v) is 1.81. The molecule has 0 fully saturated rings. The van der Waals surface area contributed by atoms with E-state index in [-0.39, 0.29) is 18.1 Å². The van der Waals surface area contributed by atoms with E-state index in [1.807, 2.05) is 6.92 Å². The fraction of sp³-hybridized carbons (Fsp3) is 0.300. The number of carbonyl (C=O) groups excluding carboxylic acids is 1. The van der Waals surface area contributed by atoms with Crippen molar-refractivity contribution in [1.29, 1.82) is 0 Å². The van der Waals surface area contributed by atoms with Crippen molar-refractivity contribution >= 4 is 17.6 Å². The molecule has 0 aliphatic rings. The average Bonchev–Trinajstić information content (AvgIpc) is 2.27. The topological polar surface area (TPSA) is 91.3 Å². The van der Waals surface area contributed by atoms with E-state index in [1.54, 1.807) is 6.07 Å². The first-order valence-corrected chi connectivity index (χ1v) is 4.83. The Labute approximate surface area is 92.7 Å². The molecule has 1 heterocycles. The van der Waals surface area contributed by atoms with Crippen LogP contribution in [0, 0.1) is 0 Å². The standard InChI is InChI=1S/C10H13N3O3/c1-2-11-9(14)6-12-7-3-4-8(10(15)16)13-5-7/h3-5,12H,2,6H2,1H3,(H,11,14)(H,15,16). The molecule has 0 atom stereocenters. The number of aromatic carboxylic acids is 1. The Morgan fingerprint density at radius 2 is 2.19 bits per heavy atom. The molecule has 0 aliphatic heterocycles. The predicted molar refractivity (Wildman–Crippen MR) is 58.4 cm³/mol. The molecule has 6 nitrogen and oxygen atoms in total. The summed E-state index contributed by atoms with van der Waals surface area (Å²) in [5.74, 6) is -1.19. The molecule has 1 rings (SSSR count). The smallest absolute Gasteiger partial charge is 0.354 e. The van der Waals surface area contributed by atoms with Crippen LogP contribution in [0.15, 0.2) is 18.3 Å². The minimum Gasteiger partial charge on any atom is -0.477 e. The number of likely N-dealkylation sites (N-methyl/N-ethyl adjacent to an activating group) is 1. The van der Waals surface area contributed by atoms with Gasteiger partial charge in [-0.15, -0.1) is 0 Å². The molecule has 0 aliphatic carbocycles. The van der Waals surface area contributed by atoms with Crippen molar-refractivity contribution in [2.75, 3.05) is 18.4 Å². The third-order valence-electron chi connectivity index (χ3n) is 1.81. The molecule has 0 bridgehead atoms. The van der Waals surface area contributed by atoms with Crippen LogP contribution in [0.2, 0.25) is 0 Å². The van der Waals surface area contributed by atoms with E-state index in [0.717, 1.165) is 0 Å². The number of amides is 1. The lowest BCUT2D eigenvalue weighted by Crippen LogP contribution is -2.29. The molecule has 86 valence electrons. The second-order valence-corrected chi connectivity index (χ2v) is 3.04. The largest absolute Gasteiger partial charge is 0.477 e. The van der Waals surface area contributed by atoms with Gasteiger partial charge in [0.05, 0.1) is 18.4 Å². The minimum atomic E-state index is -1.07. The first-order valence-electron chi connectivity index (χ1n) is 4.83. The second-order valence-electron chi connectivity index (χ2n) is 3.04. The van der Waals surface area contributed by atoms with E-state index in [4.69, 9.17) is 5.11 Å². The van der Waals surface area contributed by atoms with Crippen LogP contribution in [0.25, 0.3) is 0 Å². The van der Waals surface area contributed by atoms with Crippen LogP contribution < -0.4 is 10.6 Å². The van der Waals surface area contributed by atoms with Crippen molar-refractivity contribution < 1.29 is 14.7 Å². The van der Waals surface area contributed by atoms with Crippen LogP contribution in [0.3, 0.4) is 0 Å². The highest BCUT2D eigenvalue weighted by molar-refractivity contribution is 5.85. The Morgan fingerprint density at radius 1 is 1.44 bits per heavy atom. The maximum atomic E-state index is 11.1. The molecule has 0 unspecified atom stereocenters. The predicted octanol–water partition coefficient (Wildman–Crippen LogP) is 0.328. The fourth-order valence-corrected chi connectivity index (χ4v) is 1.07. The van der Waals surface area contributed by atoms with Gasteiger partial charge in [0.2, 0.25) is 5.91 Å². The summed E-state index contributed by atoms with van der Waals surface area (Å²) in [4.78, 5) is 25.3. The molecule has 16 heavy (non-hydrogen) atoms. The number of aromatic nitrogens is 1. The van der Waals surface area contributed by atoms with Gasteiger partial charge in [-0.1, -0.05) is 0 Å². The zero-order valence-corrected chi connectivity index (χ0v) is 8.86. The number of rotatable bonds is 5. The molecular formula is C10H13N3O3. The average molecular weight is 223 g/mol. The molecule has 1 aromatic heterocycles. The molecule has 0 aromatic carbocycles. The fourth-order valence-electron chi connectivity index (χ4n) is 1.07. The third kappa shape index (κ3) is 3.56. The Bertz CT molecular complexity index is 375. The SMILES string of the molecule is CCNC(=O)CNc1ccc(C(=O)O)nc1. The number of nitrogens with zero attached hydrogens (tertiary/aromatic N) is 1. The highest BCUT2D eigenvalue weighted by Gasteiger charge is 2.04. The summed E-state index contributed by atoms with van der Waals surface area (Å²) in [5, 5.41) is 14.1. The number of anilines is 1. The van der Waals surface area contributed by atoms with E-state index in [1.165, 1.54) is 12.3 Å². The molecule has 0 spiro atoms. The maximum absolute atomic E-state index is 11.1. The Hall–Kier alpha value is -2.11. The number of carboxylic acid groups (broad SMARTS) is 1. The quantitative estimate of drug-likeness (QED) is 0.669. The zero-order valence-electron chi connectivity index (χ0n) is 8.86. The first-order chi connectivity index (χ1) is 7.63. The number of pyridine rings is 1. The molecule has 6 heteroatoms. The highest BCUT2D eigenvalue weighted by atomic mass is 16.4. The maximum Gasteiger partial charge on any atom is 0.354 e. The number of carbonyl (C=O) groups is 2. The summed E-state index contributed by atoms with van der Waals surface area (Å²) < 4.78 is 0. The second kappa shape index (κ2) is 5.69. The first kappa shape index (κ1) is 12.0. The molecule has 0 saturated carbocycles. The lowest BCUT2D eigenvalue weighted by Gasteiger charge is -2.05. The highest BCUT2D eigenvalue weighted by Crippen LogP contribution is 2.05. The van der Waals surface area contributed by atoms with Gasteiger partial charge in [0.15, 0.2) is 0 Å². The molecule has 1 aromatic rings. The van der Waals surface area contributed by atoms with Gasteiger partial charge in [0.25, 0.3) is 0 Å². The van der Waals surface area contributed by atoms with Gasteiger partial charge < -0.3 is 15.7 Å². The van der Waals surface area contributed by atoms with Gasteiger partial charge in [-0.25, -0.2) is 9.78 Å². The van der Waals surface area contributed by atoms with Crippen molar-refractivity contribution in [3.05, 3.63) is 24.0 Å². The molecule has 3 N–H and O–H groups in total. The van der Waals surface area contributed by atoms with Crippen LogP contribution in [0.5, 0.6) is 0 Å². The van der Waals surface area contributed by atoms with E-state index < -0.39 is 5.97 Å². The van der Waals surface area contributed by atoms with Gasteiger partial charge >= 0.3 is 5.97 Å². The molecule has 0 radical (unpaired) electrons. The van der Waals surface area contributed by atoms with E-state index in [2.05, 4.69) is 15.6 Å². The van der Waals surface area contributed by atoms with E-state index >= 15 is 0 Å². The van der Waals surface area contributed by atoms with Gasteiger partial charge in [0, 0.05) is 6.54 Å². The van der Waals surface area contributed by atoms with Crippen LogP contribution in [-0.2, 0) is 4.79 Å². The molecule has 0 saturated heterocycles. The summed E-state index contributed by atoms with van der Waals surface area (Å²) in [6.45, 7) is 2.56. The monoisotopic (exact) mass is 223 g/mol. The Balaban J connectivity index is 2.49. The van der Waals surface area contributed by atoms with Crippen molar-refractivity contribution in [3.8, 4) is 0 Å². The van der Waals surface area contributed by atoms with Gasteiger partial charge in [0.1, 0.15) is 5.69 Å². The summed E-state index contributed by atoms with van der Waals surface area (Å²) in [7, 11) is 0. The molecular weight excluding hydrogens is 210 g/mol. The summed E-state index contributed by atoms with van der Waals surface area (Å²) in [6.07, 6.45) is 1.38. The van der Waals surface area contributed by atoms with Crippen LogP contribution >= 0.6 is 0 Å². The minimum absolute atomic E-state index is 0.0245. The Morgan fingerprint density at radius 3 is 2.69 bits per heavy atom. The van der Waals surface area contributed by atoms with Crippen LogP contribution in [-0.4, -0.2) is 35.1 Å². The van der Waals surface area contributed by atoms with E-state index in [0.29, 0.717) is 12.2 Å². The Kier molecular flexibility index (Phi) is 4.26. The number of hydrogen-bond donors (Lipinski definition) is 3. The van der Waals surface area contributed by atoms with Crippen molar-refractivity contribution in [1.82, 2.24) is 10.3 Å². The van der Waals surface area contributed by atoms with Crippen molar-refractivity contribution in [2.45, 2.75) is 6.92 Å². The summed E-state index contributed by atoms with van der Waals surface area (Å²) in [6, 6.07) is 2.94. The van der Waals surface area contributed by atoms with Crippen molar-refractivity contribution in [3.63, 3.8) is 0 Å². The number of hydrogen-bond acceptors (Lipinski definition) is 4. The lowest BCUT2D eigenvalue weighted by molar-refractivity contribution is -0.119. The molecule has 1 amide bonds. The summed E-state index contributed by atoms with van der Waals surface area (Å²) >= 11 is 0. The lowest BCUT2D eigenvalue weighted by atomic mass is 10.3. The van der Waals surface area contributed by atoms with E-state index in [9.17, 15) is 9.59 Å².